The Hall–Kier alpha value is -1.56. The molecule has 0 aliphatic heterocycles. The van der Waals surface area contributed by atoms with Crippen LogP contribution in [0.5, 0.6) is 0 Å². The Morgan fingerprint density at radius 2 is 1.95 bits per heavy atom. The van der Waals surface area contributed by atoms with E-state index in [0.29, 0.717) is 13.1 Å². The Kier molecular flexibility index (Phi) is 5.22. The van der Waals surface area contributed by atoms with Gasteiger partial charge in [0.1, 0.15) is 0 Å². The van der Waals surface area contributed by atoms with Gasteiger partial charge in [0.15, 0.2) is 0 Å². The summed E-state index contributed by atoms with van der Waals surface area (Å²) in [6.45, 7) is 0.847. The summed E-state index contributed by atoms with van der Waals surface area (Å²) in [4.78, 5) is 22.7. The number of carboxylic acid groups (broad SMARTS) is 1. The number of aliphatic carboxylic acids is 1. The van der Waals surface area contributed by atoms with E-state index in [1.807, 2.05) is 24.3 Å². The average molecular weight is 355 g/mol. The van der Waals surface area contributed by atoms with Gasteiger partial charge in [0.05, 0.1) is 6.42 Å². The van der Waals surface area contributed by atoms with Crippen molar-refractivity contribution in [2.24, 2.45) is 5.41 Å². The normalized spacial score (nSPS) is 15.9. The van der Waals surface area contributed by atoms with Crippen molar-refractivity contribution in [2.45, 2.75) is 32.2 Å². The molecule has 1 aliphatic carbocycles. The number of amides is 2. The first-order valence-electron chi connectivity index (χ1n) is 6.98. The first kappa shape index (κ1) is 15.8. The molecule has 1 aromatic carbocycles. The van der Waals surface area contributed by atoms with Gasteiger partial charge < -0.3 is 15.7 Å². The molecule has 0 radical (unpaired) electrons. The van der Waals surface area contributed by atoms with E-state index >= 15 is 0 Å². The summed E-state index contributed by atoms with van der Waals surface area (Å²) in [6, 6.07) is 7.42. The topological polar surface area (TPSA) is 78.4 Å². The van der Waals surface area contributed by atoms with E-state index in [4.69, 9.17) is 5.11 Å². The van der Waals surface area contributed by atoms with Crippen molar-refractivity contribution in [3.63, 3.8) is 0 Å². The third kappa shape index (κ3) is 4.46. The number of halogens is 1. The van der Waals surface area contributed by atoms with Crippen molar-refractivity contribution in [2.75, 3.05) is 6.54 Å². The number of urea groups is 1. The number of nitrogens with one attached hydrogen (secondary N) is 2. The van der Waals surface area contributed by atoms with Crippen molar-refractivity contribution in [3.8, 4) is 0 Å². The summed E-state index contributed by atoms with van der Waals surface area (Å²) in [6.07, 6.45) is 2.89. The van der Waals surface area contributed by atoms with Gasteiger partial charge >= 0.3 is 12.0 Å². The summed E-state index contributed by atoms with van der Waals surface area (Å²) >= 11 is 3.43. The predicted molar refractivity (Wildman–Crippen MR) is 82.9 cm³/mol. The molecule has 3 N–H and O–H groups in total. The second-order valence-corrected chi connectivity index (χ2v) is 6.41. The molecule has 0 bridgehead atoms. The van der Waals surface area contributed by atoms with Crippen LogP contribution in [0.2, 0.25) is 0 Å². The summed E-state index contributed by atoms with van der Waals surface area (Å²) in [5.74, 6) is -0.801. The molecule has 21 heavy (non-hydrogen) atoms. The minimum Gasteiger partial charge on any atom is -0.481 e. The predicted octanol–water partition coefficient (Wildman–Crippen LogP) is 2.89. The Balaban J connectivity index is 1.77. The van der Waals surface area contributed by atoms with E-state index in [9.17, 15) is 9.59 Å². The molecular formula is C15H19BrN2O3. The lowest BCUT2D eigenvalue weighted by Gasteiger charge is -2.40. The van der Waals surface area contributed by atoms with Gasteiger partial charge in [-0.2, -0.15) is 0 Å². The summed E-state index contributed by atoms with van der Waals surface area (Å²) < 4.78 is 0.951. The SMILES string of the molecule is O=C(O)CC1(CNC(=O)NCc2ccccc2Br)CCC1. The lowest BCUT2D eigenvalue weighted by molar-refractivity contribution is -0.141. The molecular weight excluding hydrogens is 336 g/mol. The molecule has 0 atom stereocenters. The molecule has 1 saturated carbocycles. The highest BCUT2D eigenvalue weighted by Gasteiger charge is 2.39. The molecule has 6 heteroatoms. The van der Waals surface area contributed by atoms with Crippen LogP contribution in [0.15, 0.2) is 28.7 Å². The summed E-state index contributed by atoms with van der Waals surface area (Å²) in [5.41, 5.74) is 0.743. The number of benzene rings is 1. The Labute approximate surface area is 132 Å². The summed E-state index contributed by atoms with van der Waals surface area (Å²) in [5, 5.41) is 14.5. The van der Waals surface area contributed by atoms with E-state index < -0.39 is 5.97 Å². The molecule has 2 rings (SSSR count). The van der Waals surface area contributed by atoms with Gasteiger partial charge in [-0.05, 0) is 29.9 Å². The van der Waals surface area contributed by atoms with Crippen LogP contribution in [0.3, 0.4) is 0 Å². The fraction of sp³-hybridized carbons (Fsp3) is 0.467. The quantitative estimate of drug-likeness (QED) is 0.734. The Bertz CT molecular complexity index is 529. The highest BCUT2D eigenvalue weighted by atomic mass is 79.9. The van der Waals surface area contributed by atoms with Crippen LogP contribution in [0, 0.1) is 5.41 Å². The van der Waals surface area contributed by atoms with Crippen LogP contribution in [0.4, 0.5) is 4.79 Å². The second kappa shape index (κ2) is 6.93. The monoisotopic (exact) mass is 354 g/mol. The molecule has 0 unspecified atom stereocenters. The zero-order chi connectivity index (χ0) is 15.3. The van der Waals surface area contributed by atoms with Gasteiger partial charge in [0, 0.05) is 17.6 Å². The van der Waals surface area contributed by atoms with Crippen molar-refractivity contribution in [3.05, 3.63) is 34.3 Å². The summed E-state index contributed by atoms with van der Waals surface area (Å²) in [7, 11) is 0. The first-order chi connectivity index (χ1) is 10.0. The fourth-order valence-corrected chi connectivity index (χ4v) is 2.99. The molecule has 1 aromatic rings. The average Bonchev–Trinajstić information content (AvgIpc) is 2.40. The highest BCUT2D eigenvalue weighted by molar-refractivity contribution is 9.10. The molecule has 2 amide bonds. The van der Waals surface area contributed by atoms with Gasteiger partial charge in [-0.25, -0.2) is 4.79 Å². The number of carbonyl (C=O) groups is 2. The Morgan fingerprint density at radius 1 is 1.24 bits per heavy atom. The molecule has 114 valence electrons. The maximum Gasteiger partial charge on any atom is 0.315 e. The lowest BCUT2D eigenvalue weighted by atomic mass is 9.66. The second-order valence-electron chi connectivity index (χ2n) is 5.55. The van der Waals surface area contributed by atoms with E-state index in [1.165, 1.54) is 0 Å². The third-order valence-corrected chi connectivity index (χ3v) is 4.74. The molecule has 1 fully saturated rings. The van der Waals surface area contributed by atoms with Crippen LogP contribution >= 0.6 is 15.9 Å². The van der Waals surface area contributed by atoms with E-state index in [0.717, 1.165) is 29.3 Å². The van der Waals surface area contributed by atoms with Crippen molar-refractivity contribution in [1.29, 1.82) is 0 Å². The Morgan fingerprint density at radius 3 is 2.52 bits per heavy atom. The molecule has 0 spiro atoms. The van der Waals surface area contributed by atoms with Gasteiger partial charge in [0.2, 0.25) is 0 Å². The molecule has 0 heterocycles. The van der Waals surface area contributed by atoms with Gasteiger partial charge in [-0.15, -0.1) is 0 Å². The van der Waals surface area contributed by atoms with E-state index in [1.54, 1.807) is 0 Å². The van der Waals surface area contributed by atoms with E-state index in [2.05, 4.69) is 26.6 Å². The highest BCUT2D eigenvalue weighted by Crippen LogP contribution is 2.43. The molecule has 0 aromatic heterocycles. The smallest absolute Gasteiger partial charge is 0.315 e. The lowest BCUT2D eigenvalue weighted by Crippen LogP contribution is -2.46. The molecule has 0 saturated heterocycles. The van der Waals surface area contributed by atoms with Crippen LogP contribution in [0.1, 0.15) is 31.2 Å². The third-order valence-electron chi connectivity index (χ3n) is 3.96. The van der Waals surface area contributed by atoms with Crippen LogP contribution in [0.25, 0.3) is 0 Å². The minimum atomic E-state index is -0.801. The maximum absolute atomic E-state index is 11.8. The van der Waals surface area contributed by atoms with Gasteiger partial charge in [0.25, 0.3) is 0 Å². The van der Waals surface area contributed by atoms with Crippen molar-refractivity contribution < 1.29 is 14.7 Å². The number of carbonyl (C=O) groups excluding carboxylic acids is 1. The first-order valence-corrected chi connectivity index (χ1v) is 7.77. The van der Waals surface area contributed by atoms with Crippen LogP contribution in [-0.4, -0.2) is 23.7 Å². The number of rotatable bonds is 6. The molecule has 5 nitrogen and oxygen atoms in total. The van der Waals surface area contributed by atoms with Gasteiger partial charge in [-0.1, -0.05) is 40.5 Å². The minimum absolute atomic E-state index is 0.123. The largest absolute Gasteiger partial charge is 0.481 e. The van der Waals surface area contributed by atoms with Crippen LogP contribution in [-0.2, 0) is 11.3 Å². The van der Waals surface area contributed by atoms with Crippen molar-refractivity contribution >= 4 is 27.9 Å². The van der Waals surface area contributed by atoms with Gasteiger partial charge in [-0.3, -0.25) is 4.79 Å². The zero-order valence-corrected chi connectivity index (χ0v) is 13.3. The maximum atomic E-state index is 11.8. The molecule has 1 aliphatic rings. The number of hydrogen-bond acceptors (Lipinski definition) is 2. The van der Waals surface area contributed by atoms with Crippen LogP contribution < -0.4 is 10.6 Å². The standard InChI is InChI=1S/C15H19BrN2O3/c16-12-5-2-1-4-11(12)9-17-14(21)18-10-15(6-3-7-15)8-13(19)20/h1-2,4-5H,3,6-10H2,(H,19,20)(H2,17,18,21). The van der Waals surface area contributed by atoms with E-state index in [-0.39, 0.29) is 17.9 Å². The zero-order valence-electron chi connectivity index (χ0n) is 11.7. The number of carboxylic acids is 1. The number of hydrogen-bond donors (Lipinski definition) is 3. The fourth-order valence-electron chi connectivity index (χ4n) is 2.56. The van der Waals surface area contributed by atoms with Crippen molar-refractivity contribution in [1.82, 2.24) is 10.6 Å².